The normalized spacial score (nSPS) is 22.2. The minimum Gasteiger partial charge on any atom is -0.293 e. The van der Waals surface area contributed by atoms with E-state index in [4.69, 9.17) is 0 Å². The minimum absolute atomic E-state index is 0.153. The van der Waals surface area contributed by atoms with Gasteiger partial charge in [0.1, 0.15) is 0 Å². The van der Waals surface area contributed by atoms with E-state index in [0.717, 1.165) is 24.8 Å². The fraction of sp³-hybridized carbons (Fsp3) is 0.556. The molecule has 12 heavy (non-hydrogen) atoms. The van der Waals surface area contributed by atoms with Crippen LogP contribution >= 0.6 is 0 Å². The Balaban J connectivity index is 2.70. The quantitative estimate of drug-likeness (QED) is 0.470. The van der Waals surface area contributed by atoms with Crippen LogP contribution in [-0.4, -0.2) is 11.8 Å². The third kappa shape index (κ3) is 2.19. The molecule has 0 aromatic rings. The summed E-state index contributed by atoms with van der Waals surface area (Å²) >= 11 is 0. The topological polar surface area (TPSA) is 46.2 Å². The summed E-state index contributed by atoms with van der Waals surface area (Å²) in [4.78, 5) is 22.1. The van der Waals surface area contributed by atoms with Crippen LogP contribution in [0.1, 0.15) is 32.6 Å². The Bertz CT molecular complexity index is 231. The zero-order chi connectivity index (χ0) is 8.97. The number of carbonyl (C=O) groups excluding carboxylic acids is 2. The molecule has 1 aliphatic heterocycles. The first-order chi connectivity index (χ1) is 5.74. The second kappa shape index (κ2) is 4.04. The van der Waals surface area contributed by atoms with E-state index in [9.17, 15) is 9.59 Å². The van der Waals surface area contributed by atoms with E-state index in [1.54, 1.807) is 0 Å². The summed E-state index contributed by atoms with van der Waals surface area (Å²) in [6, 6.07) is 0. The van der Waals surface area contributed by atoms with Crippen LogP contribution in [0, 0.1) is 0 Å². The molecule has 66 valence electrons. The van der Waals surface area contributed by atoms with Crippen molar-refractivity contribution in [3.05, 3.63) is 11.6 Å². The summed E-state index contributed by atoms with van der Waals surface area (Å²) in [5.41, 5.74) is 0.753. The molecule has 1 N–H and O–H groups in total. The number of rotatable bonds is 1. The number of nitrogens with one attached hydrogen (secondary N) is 1. The highest BCUT2D eigenvalue weighted by Crippen LogP contribution is 2.12. The Labute approximate surface area is 71.8 Å². The Morgan fingerprint density at radius 1 is 1.42 bits per heavy atom. The molecule has 0 aromatic carbocycles. The van der Waals surface area contributed by atoms with Crippen LogP contribution in [-0.2, 0) is 9.59 Å². The van der Waals surface area contributed by atoms with Crippen molar-refractivity contribution in [1.29, 1.82) is 0 Å². The third-order valence-corrected chi connectivity index (χ3v) is 1.85. The van der Waals surface area contributed by atoms with Crippen LogP contribution in [0.2, 0.25) is 0 Å². The Kier molecular flexibility index (Phi) is 3.02. The van der Waals surface area contributed by atoms with Crippen molar-refractivity contribution in [3.63, 3.8) is 0 Å². The van der Waals surface area contributed by atoms with Gasteiger partial charge in [0.2, 0.25) is 5.91 Å². The molecule has 1 heterocycles. The number of hydrogen-bond acceptors (Lipinski definition) is 2. The molecule has 0 spiro atoms. The molecule has 0 aromatic heterocycles. The highest BCUT2D eigenvalue weighted by atomic mass is 16.2. The highest BCUT2D eigenvalue weighted by molar-refractivity contribution is 6.05. The lowest BCUT2D eigenvalue weighted by Crippen LogP contribution is -2.28. The maximum absolute atomic E-state index is 11.2. The first kappa shape index (κ1) is 8.97. The Morgan fingerprint density at radius 2 is 2.17 bits per heavy atom. The second-order valence-electron chi connectivity index (χ2n) is 2.87. The lowest BCUT2D eigenvalue weighted by Gasteiger charge is -1.99. The maximum Gasteiger partial charge on any atom is 0.253 e. The molecule has 3 heteroatoms. The number of imide groups is 1. The molecular weight excluding hydrogens is 154 g/mol. The van der Waals surface area contributed by atoms with Gasteiger partial charge in [0.25, 0.3) is 5.91 Å². The number of carbonyl (C=O) groups is 2. The predicted octanol–water partition coefficient (Wildman–Crippen LogP) is 1.15. The molecule has 1 fully saturated rings. The first-order valence-corrected chi connectivity index (χ1v) is 4.27. The third-order valence-electron chi connectivity index (χ3n) is 1.85. The number of amides is 2. The lowest BCUT2D eigenvalue weighted by atomic mass is 10.1. The lowest BCUT2D eigenvalue weighted by molar-refractivity contribution is -0.127. The molecule has 0 radical (unpaired) electrons. The molecule has 1 rings (SSSR count). The van der Waals surface area contributed by atoms with E-state index >= 15 is 0 Å². The van der Waals surface area contributed by atoms with Gasteiger partial charge in [-0.3, -0.25) is 14.9 Å². The van der Waals surface area contributed by atoms with Crippen LogP contribution in [0.15, 0.2) is 11.6 Å². The fourth-order valence-corrected chi connectivity index (χ4v) is 1.26. The van der Waals surface area contributed by atoms with Crippen molar-refractivity contribution in [3.8, 4) is 0 Å². The fourth-order valence-electron chi connectivity index (χ4n) is 1.26. The van der Waals surface area contributed by atoms with Gasteiger partial charge in [-0.05, 0) is 19.3 Å². The standard InChI is InChI=1S/C9H13NO2/c1-2-4-7-5-3-6-8(11)10-9(7)12/h4H,2-3,5-6H2,1H3,(H,10,11,12). The molecule has 0 unspecified atom stereocenters. The Hall–Kier alpha value is -1.12. The van der Waals surface area contributed by atoms with Crippen LogP contribution in [0.25, 0.3) is 0 Å². The maximum atomic E-state index is 11.2. The van der Waals surface area contributed by atoms with E-state index in [1.807, 2.05) is 13.0 Å². The van der Waals surface area contributed by atoms with Gasteiger partial charge in [-0.15, -0.1) is 0 Å². The van der Waals surface area contributed by atoms with Crippen molar-refractivity contribution < 1.29 is 9.59 Å². The van der Waals surface area contributed by atoms with E-state index in [0.29, 0.717) is 6.42 Å². The molecule has 3 nitrogen and oxygen atoms in total. The van der Waals surface area contributed by atoms with Gasteiger partial charge < -0.3 is 0 Å². The molecule has 2 amide bonds. The number of hydrogen-bond donors (Lipinski definition) is 1. The summed E-state index contributed by atoms with van der Waals surface area (Å²) in [6.07, 6.45) is 4.70. The first-order valence-electron chi connectivity index (χ1n) is 4.27. The van der Waals surface area contributed by atoms with Crippen LogP contribution < -0.4 is 5.32 Å². The Morgan fingerprint density at radius 3 is 2.83 bits per heavy atom. The second-order valence-corrected chi connectivity index (χ2v) is 2.87. The van der Waals surface area contributed by atoms with Crippen molar-refractivity contribution in [2.75, 3.05) is 0 Å². The predicted molar refractivity (Wildman–Crippen MR) is 45.4 cm³/mol. The van der Waals surface area contributed by atoms with E-state index in [2.05, 4.69) is 5.32 Å². The molecular formula is C9H13NO2. The van der Waals surface area contributed by atoms with Crippen LogP contribution in [0.3, 0.4) is 0 Å². The van der Waals surface area contributed by atoms with E-state index in [1.165, 1.54) is 0 Å². The summed E-state index contributed by atoms with van der Waals surface area (Å²) in [5.74, 6) is -0.362. The van der Waals surface area contributed by atoms with Gasteiger partial charge >= 0.3 is 0 Å². The molecule has 0 bridgehead atoms. The summed E-state index contributed by atoms with van der Waals surface area (Å²) in [6.45, 7) is 1.98. The summed E-state index contributed by atoms with van der Waals surface area (Å²) < 4.78 is 0. The number of allylic oxidation sites excluding steroid dienone is 1. The van der Waals surface area contributed by atoms with Crippen molar-refractivity contribution in [2.24, 2.45) is 0 Å². The van der Waals surface area contributed by atoms with Gasteiger partial charge in [0.15, 0.2) is 0 Å². The van der Waals surface area contributed by atoms with Gasteiger partial charge in [-0.1, -0.05) is 13.0 Å². The average molecular weight is 167 g/mol. The van der Waals surface area contributed by atoms with Crippen LogP contribution in [0.5, 0.6) is 0 Å². The average Bonchev–Trinajstić information content (AvgIpc) is 2.15. The SMILES string of the molecule is CCC=C1CCCC(=O)NC1=O. The van der Waals surface area contributed by atoms with Gasteiger partial charge in [0.05, 0.1) is 0 Å². The van der Waals surface area contributed by atoms with Gasteiger partial charge in [-0.25, -0.2) is 0 Å². The van der Waals surface area contributed by atoms with Crippen LogP contribution in [0.4, 0.5) is 0 Å². The van der Waals surface area contributed by atoms with Gasteiger partial charge in [-0.2, -0.15) is 0 Å². The summed E-state index contributed by atoms with van der Waals surface area (Å²) in [7, 11) is 0. The van der Waals surface area contributed by atoms with E-state index in [-0.39, 0.29) is 11.8 Å². The zero-order valence-electron chi connectivity index (χ0n) is 7.22. The zero-order valence-corrected chi connectivity index (χ0v) is 7.22. The molecule has 1 saturated heterocycles. The monoisotopic (exact) mass is 167 g/mol. The molecule has 0 aliphatic carbocycles. The minimum atomic E-state index is -0.209. The molecule has 0 saturated carbocycles. The highest BCUT2D eigenvalue weighted by Gasteiger charge is 2.16. The van der Waals surface area contributed by atoms with E-state index < -0.39 is 0 Å². The van der Waals surface area contributed by atoms with Gasteiger partial charge in [0, 0.05) is 12.0 Å². The van der Waals surface area contributed by atoms with Crippen molar-refractivity contribution in [2.45, 2.75) is 32.6 Å². The largest absolute Gasteiger partial charge is 0.293 e. The molecule has 0 atom stereocenters. The van der Waals surface area contributed by atoms with Crippen molar-refractivity contribution >= 4 is 11.8 Å². The molecule has 1 aliphatic rings. The summed E-state index contributed by atoms with van der Waals surface area (Å²) in [5, 5.41) is 2.33. The smallest absolute Gasteiger partial charge is 0.253 e. The van der Waals surface area contributed by atoms with Crippen molar-refractivity contribution in [1.82, 2.24) is 5.32 Å².